The zero-order valence-corrected chi connectivity index (χ0v) is 17.5. The summed E-state index contributed by atoms with van der Waals surface area (Å²) in [6.45, 7) is 2.29. The van der Waals surface area contributed by atoms with Gasteiger partial charge in [0.2, 0.25) is 0 Å². The lowest BCUT2D eigenvalue weighted by Gasteiger charge is -2.03. The monoisotopic (exact) mass is 370 g/mol. The second kappa shape index (κ2) is 16.5. The number of hydrogen-bond donors (Lipinski definition) is 0. The standard InChI is InChI=1S/C22H39ClS/c1-2-3-4-5-6-7-8-9-10-11-12-13-14-15-16-17-18-21-19-20-22(23)24-21/h19-20H,2-18H2,1H3. The lowest BCUT2D eigenvalue weighted by Crippen LogP contribution is -1.84. The summed E-state index contributed by atoms with van der Waals surface area (Å²) >= 11 is 7.70. The smallest absolute Gasteiger partial charge is 0.0931 e. The fraction of sp³-hybridized carbons (Fsp3) is 0.818. The normalized spacial score (nSPS) is 11.2. The Balaban J connectivity index is 1.70. The van der Waals surface area contributed by atoms with Gasteiger partial charge in [0.1, 0.15) is 0 Å². The Kier molecular flexibility index (Phi) is 15.1. The van der Waals surface area contributed by atoms with Crippen LogP contribution in [-0.4, -0.2) is 0 Å². The molecule has 140 valence electrons. The zero-order chi connectivity index (χ0) is 17.3. The summed E-state index contributed by atoms with van der Waals surface area (Å²) in [7, 11) is 0. The van der Waals surface area contributed by atoms with Crippen LogP contribution in [0.3, 0.4) is 0 Å². The van der Waals surface area contributed by atoms with Gasteiger partial charge in [0, 0.05) is 4.88 Å². The number of aryl methyl sites for hydroxylation is 1. The molecule has 1 rings (SSSR count). The number of unbranched alkanes of at least 4 members (excludes halogenated alkanes) is 15. The summed E-state index contributed by atoms with van der Waals surface area (Å²) in [5, 5.41) is 0. The third kappa shape index (κ3) is 13.3. The van der Waals surface area contributed by atoms with Gasteiger partial charge in [-0.3, -0.25) is 0 Å². The molecule has 0 bridgehead atoms. The molecular formula is C22H39ClS. The first-order chi connectivity index (χ1) is 11.8. The highest BCUT2D eigenvalue weighted by molar-refractivity contribution is 7.16. The predicted octanol–water partition coefficient (Wildman–Crippen LogP) is 9.21. The molecule has 1 heterocycles. The van der Waals surface area contributed by atoms with Gasteiger partial charge in [-0.15, -0.1) is 11.3 Å². The zero-order valence-electron chi connectivity index (χ0n) is 16.0. The van der Waals surface area contributed by atoms with Crippen molar-refractivity contribution in [2.45, 2.75) is 116 Å². The lowest BCUT2D eigenvalue weighted by molar-refractivity contribution is 0.529. The van der Waals surface area contributed by atoms with Gasteiger partial charge < -0.3 is 0 Å². The Labute approximate surface area is 160 Å². The van der Waals surface area contributed by atoms with Crippen LogP contribution in [-0.2, 0) is 6.42 Å². The van der Waals surface area contributed by atoms with Gasteiger partial charge in [0.05, 0.1) is 4.34 Å². The van der Waals surface area contributed by atoms with Crippen LogP contribution < -0.4 is 0 Å². The summed E-state index contributed by atoms with van der Waals surface area (Å²) in [5.74, 6) is 0. The van der Waals surface area contributed by atoms with Gasteiger partial charge in [-0.25, -0.2) is 0 Å². The van der Waals surface area contributed by atoms with E-state index >= 15 is 0 Å². The molecule has 0 aliphatic carbocycles. The topological polar surface area (TPSA) is 0 Å². The van der Waals surface area contributed by atoms with E-state index < -0.39 is 0 Å². The van der Waals surface area contributed by atoms with Crippen LogP contribution in [0, 0.1) is 0 Å². The van der Waals surface area contributed by atoms with Crippen LogP contribution in [0.1, 0.15) is 115 Å². The molecule has 1 aromatic heterocycles. The Morgan fingerprint density at radius 1 is 0.625 bits per heavy atom. The maximum absolute atomic E-state index is 5.96. The highest BCUT2D eigenvalue weighted by Crippen LogP contribution is 2.23. The van der Waals surface area contributed by atoms with Crippen LogP contribution in [0.4, 0.5) is 0 Å². The molecule has 0 radical (unpaired) electrons. The molecule has 0 nitrogen and oxygen atoms in total. The van der Waals surface area contributed by atoms with Gasteiger partial charge in [-0.1, -0.05) is 115 Å². The number of hydrogen-bond acceptors (Lipinski definition) is 1. The van der Waals surface area contributed by atoms with Crippen molar-refractivity contribution in [3.8, 4) is 0 Å². The Bertz CT molecular complexity index is 372. The van der Waals surface area contributed by atoms with Crippen molar-refractivity contribution in [3.05, 3.63) is 21.3 Å². The van der Waals surface area contributed by atoms with Crippen molar-refractivity contribution in [1.29, 1.82) is 0 Å². The van der Waals surface area contributed by atoms with Crippen molar-refractivity contribution < 1.29 is 0 Å². The van der Waals surface area contributed by atoms with Gasteiger partial charge in [0.25, 0.3) is 0 Å². The van der Waals surface area contributed by atoms with Crippen LogP contribution in [0.5, 0.6) is 0 Å². The van der Waals surface area contributed by atoms with Crippen LogP contribution in [0.2, 0.25) is 4.34 Å². The maximum atomic E-state index is 5.96. The number of thiophene rings is 1. The SMILES string of the molecule is CCCCCCCCCCCCCCCCCCc1ccc(Cl)s1. The van der Waals surface area contributed by atoms with Crippen molar-refractivity contribution in [2.24, 2.45) is 0 Å². The highest BCUT2D eigenvalue weighted by Gasteiger charge is 1.98. The van der Waals surface area contributed by atoms with Crippen LogP contribution >= 0.6 is 22.9 Å². The molecule has 0 unspecified atom stereocenters. The molecule has 0 fully saturated rings. The molecule has 0 aromatic carbocycles. The summed E-state index contributed by atoms with van der Waals surface area (Å²) in [6, 6.07) is 4.20. The van der Waals surface area contributed by atoms with E-state index in [1.807, 2.05) is 6.07 Å². The Hall–Kier alpha value is -0.0100. The van der Waals surface area contributed by atoms with E-state index in [0.29, 0.717) is 0 Å². The molecule has 1 aromatic rings. The van der Waals surface area contributed by atoms with Crippen LogP contribution in [0.15, 0.2) is 12.1 Å². The quantitative estimate of drug-likeness (QED) is 0.239. The lowest BCUT2D eigenvalue weighted by atomic mass is 10.0. The summed E-state index contributed by atoms with van der Waals surface area (Å²) in [6.07, 6.45) is 24.2. The van der Waals surface area contributed by atoms with E-state index in [2.05, 4.69) is 13.0 Å². The molecule has 0 atom stereocenters. The molecule has 0 aliphatic heterocycles. The van der Waals surface area contributed by atoms with Crippen molar-refractivity contribution in [2.75, 3.05) is 0 Å². The first kappa shape index (κ1) is 22.0. The Morgan fingerprint density at radius 3 is 1.42 bits per heavy atom. The summed E-state index contributed by atoms with van der Waals surface area (Å²) in [4.78, 5) is 1.45. The highest BCUT2D eigenvalue weighted by atomic mass is 35.5. The largest absolute Gasteiger partial charge is 0.128 e. The van der Waals surface area contributed by atoms with Crippen molar-refractivity contribution in [1.82, 2.24) is 0 Å². The van der Waals surface area contributed by atoms with Crippen LogP contribution in [0.25, 0.3) is 0 Å². The maximum Gasteiger partial charge on any atom is 0.0931 e. The number of rotatable bonds is 17. The van der Waals surface area contributed by atoms with Crippen molar-refractivity contribution >= 4 is 22.9 Å². The average molecular weight is 371 g/mol. The first-order valence-corrected chi connectivity index (χ1v) is 11.8. The second-order valence-corrected chi connectivity index (χ2v) is 9.06. The van der Waals surface area contributed by atoms with E-state index in [1.54, 1.807) is 11.3 Å². The van der Waals surface area contributed by atoms with E-state index in [1.165, 1.54) is 114 Å². The summed E-state index contributed by atoms with van der Waals surface area (Å²) in [5.41, 5.74) is 0. The summed E-state index contributed by atoms with van der Waals surface area (Å²) < 4.78 is 0.932. The van der Waals surface area contributed by atoms with E-state index in [9.17, 15) is 0 Å². The number of halogens is 1. The minimum atomic E-state index is 0.932. The van der Waals surface area contributed by atoms with Gasteiger partial charge in [-0.2, -0.15) is 0 Å². The van der Waals surface area contributed by atoms with Crippen molar-refractivity contribution in [3.63, 3.8) is 0 Å². The van der Waals surface area contributed by atoms with E-state index in [4.69, 9.17) is 11.6 Å². The fourth-order valence-corrected chi connectivity index (χ4v) is 4.46. The average Bonchev–Trinajstić information content (AvgIpc) is 3.00. The predicted molar refractivity (Wildman–Crippen MR) is 113 cm³/mol. The molecular weight excluding hydrogens is 332 g/mol. The fourth-order valence-electron chi connectivity index (χ4n) is 3.33. The second-order valence-electron chi connectivity index (χ2n) is 7.26. The van der Waals surface area contributed by atoms with E-state index in [0.717, 1.165) is 4.34 Å². The minimum Gasteiger partial charge on any atom is -0.128 e. The molecule has 0 N–H and O–H groups in total. The first-order valence-electron chi connectivity index (χ1n) is 10.6. The minimum absolute atomic E-state index is 0.932. The molecule has 24 heavy (non-hydrogen) atoms. The third-order valence-corrected chi connectivity index (χ3v) is 6.20. The van der Waals surface area contributed by atoms with Gasteiger partial charge in [-0.05, 0) is 25.0 Å². The Morgan fingerprint density at radius 2 is 1.04 bits per heavy atom. The van der Waals surface area contributed by atoms with E-state index in [-0.39, 0.29) is 0 Å². The molecule has 0 aliphatic rings. The van der Waals surface area contributed by atoms with Gasteiger partial charge >= 0.3 is 0 Å². The molecule has 0 spiro atoms. The third-order valence-electron chi connectivity index (χ3n) is 4.91. The molecule has 0 saturated heterocycles. The molecule has 0 saturated carbocycles. The van der Waals surface area contributed by atoms with Gasteiger partial charge in [0.15, 0.2) is 0 Å². The molecule has 2 heteroatoms. The molecule has 0 amide bonds.